The molecule has 0 bridgehead atoms. The molecule has 1 aliphatic heterocycles. The molecule has 0 aromatic rings. The van der Waals surface area contributed by atoms with Gasteiger partial charge in [-0.15, -0.1) is 0 Å². The Morgan fingerprint density at radius 3 is 1.44 bits per heavy atom. The SMILES string of the molecule is CCCCCCCCCCCCCCCCCCCCCCC/C=C/C(O)C(COC1OC(CO)C(O)C(O)C1O)NC(=O)CCCCCCCCCC. The van der Waals surface area contributed by atoms with Crippen molar-refractivity contribution in [3.63, 3.8) is 0 Å². The second-order valence-electron chi connectivity index (χ2n) is 16.2. The van der Waals surface area contributed by atoms with E-state index in [9.17, 15) is 30.3 Å². The summed E-state index contributed by atoms with van der Waals surface area (Å²) >= 11 is 0. The van der Waals surface area contributed by atoms with Crippen molar-refractivity contribution in [2.75, 3.05) is 13.2 Å². The normalized spacial score (nSPS) is 21.5. The van der Waals surface area contributed by atoms with Gasteiger partial charge in [0.15, 0.2) is 6.29 Å². The zero-order valence-electron chi connectivity index (χ0n) is 35.0. The first-order valence-corrected chi connectivity index (χ1v) is 22.9. The van der Waals surface area contributed by atoms with E-state index < -0.39 is 49.5 Å². The van der Waals surface area contributed by atoms with Crippen LogP contribution in [0.25, 0.3) is 0 Å². The topological polar surface area (TPSA) is 149 Å². The van der Waals surface area contributed by atoms with Gasteiger partial charge in [0.2, 0.25) is 5.91 Å². The zero-order valence-corrected chi connectivity index (χ0v) is 35.0. The summed E-state index contributed by atoms with van der Waals surface area (Å²) in [7, 11) is 0. The molecule has 0 aromatic carbocycles. The molecule has 1 heterocycles. The third kappa shape index (κ3) is 26.7. The monoisotopic (exact) mass is 770 g/mol. The number of amides is 1. The number of aliphatic hydroxyl groups excluding tert-OH is 5. The van der Waals surface area contributed by atoms with Crippen LogP contribution < -0.4 is 5.32 Å². The Labute approximate surface area is 331 Å². The van der Waals surface area contributed by atoms with Gasteiger partial charge in [0.1, 0.15) is 24.4 Å². The van der Waals surface area contributed by atoms with E-state index in [1.54, 1.807) is 6.08 Å². The molecule has 7 unspecified atom stereocenters. The van der Waals surface area contributed by atoms with E-state index in [1.165, 1.54) is 154 Å². The molecule has 7 atom stereocenters. The number of carbonyl (C=O) groups excluding carboxylic acids is 1. The van der Waals surface area contributed by atoms with Gasteiger partial charge in [-0.1, -0.05) is 199 Å². The van der Waals surface area contributed by atoms with Crippen LogP contribution in [0.5, 0.6) is 0 Å². The highest BCUT2D eigenvalue weighted by Crippen LogP contribution is 2.23. The fraction of sp³-hybridized carbons (Fsp3) is 0.933. The van der Waals surface area contributed by atoms with Crippen LogP contribution in [-0.2, 0) is 14.3 Å². The number of allylic oxidation sites excluding steroid dienone is 1. The average Bonchev–Trinajstić information content (AvgIpc) is 3.17. The maximum Gasteiger partial charge on any atom is 0.220 e. The summed E-state index contributed by atoms with van der Waals surface area (Å²) in [6.07, 6.45) is 34.2. The van der Waals surface area contributed by atoms with Gasteiger partial charge in [0, 0.05) is 6.42 Å². The molecule has 9 nitrogen and oxygen atoms in total. The smallest absolute Gasteiger partial charge is 0.220 e. The van der Waals surface area contributed by atoms with Gasteiger partial charge in [-0.2, -0.15) is 0 Å². The van der Waals surface area contributed by atoms with Crippen molar-refractivity contribution >= 4 is 5.91 Å². The lowest BCUT2D eigenvalue weighted by atomic mass is 9.99. The molecule has 1 aliphatic rings. The van der Waals surface area contributed by atoms with Crippen LogP contribution in [0.4, 0.5) is 0 Å². The van der Waals surface area contributed by atoms with Crippen LogP contribution in [0.15, 0.2) is 12.2 Å². The van der Waals surface area contributed by atoms with Crippen molar-refractivity contribution in [3.8, 4) is 0 Å². The first kappa shape index (κ1) is 50.9. The van der Waals surface area contributed by atoms with Crippen molar-refractivity contribution in [1.82, 2.24) is 5.32 Å². The molecule has 6 N–H and O–H groups in total. The van der Waals surface area contributed by atoms with Crippen molar-refractivity contribution in [2.24, 2.45) is 0 Å². The van der Waals surface area contributed by atoms with Crippen molar-refractivity contribution < 1.29 is 39.8 Å². The van der Waals surface area contributed by atoms with Gasteiger partial charge in [-0.3, -0.25) is 4.79 Å². The lowest BCUT2D eigenvalue weighted by Crippen LogP contribution is -2.60. The molecular weight excluding hydrogens is 682 g/mol. The van der Waals surface area contributed by atoms with Crippen LogP contribution in [0, 0.1) is 0 Å². The highest BCUT2D eigenvalue weighted by molar-refractivity contribution is 5.76. The summed E-state index contributed by atoms with van der Waals surface area (Å²) in [5.74, 6) is -0.180. The minimum Gasteiger partial charge on any atom is -0.394 e. The fourth-order valence-corrected chi connectivity index (χ4v) is 7.39. The van der Waals surface area contributed by atoms with Gasteiger partial charge in [0.05, 0.1) is 25.4 Å². The summed E-state index contributed by atoms with van der Waals surface area (Å²) in [6.45, 7) is 3.74. The predicted molar refractivity (Wildman–Crippen MR) is 221 cm³/mol. The lowest BCUT2D eigenvalue weighted by Gasteiger charge is -2.40. The van der Waals surface area contributed by atoms with E-state index in [2.05, 4.69) is 19.2 Å². The molecule has 0 radical (unpaired) electrons. The summed E-state index contributed by atoms with van der Waals surface area (Å²) < 4.78 is 11.2. The Kier molecular flexibility index (Phi) is 34.2. The molecule has 1 fully saturated rings. The molecule has 0 saturated carbocycles. The minimum absolute atomic E-state index is 0.180. The van der Waals surface area contributed by atoms with Gasteiger partial charge in [-0.05, 0) is 19.3 Å². The second kappa shape index (κ2) is 36.3. The second-order valence-corrected chi connectivity index (χ2v) is 16.2. The van der Waals surface area contributed by atoms with Crippen LogP contribution in [0.2, 0.25) is 0 Å². The van der Waals surface area contributed by atoms with Crippen molar-refractivity contribution in [2.45, 2.75) is 256 Å². The minimum atomic E-state index is -1.56. The number of carbonyl (C=O) groups is 1. The first-order chi connectivity index (χ1) is 26.3. The molecule has 9 heteroatoms. The maximum atomic E-state index is 12.8. The Hall–Kier alpha value is -1.07. The Balaban J connectivity index is 2.25. The Bertz CT molecular complexity index is 858. The number of hydrogen-bond acceptors (Lipinski definition) is 8. The molecule has 1 amide bonds. The zero-order chi connectivity index (χ0) is 39.5. The molecule has 0 aromatic heterocycles. The number of hydrogen-bond donors (Lipinski definition) is 6. The van der Waals surface area contributed by atoms with Gasteiger partial charge < -0.3 is 40.3 Å². The van der Waals surface area contributed by atoms with E-state index in [0.717, 1.165) is 38.5 Å². The number of unbranched alkanes of at least 4 members (excludes halogenated alkanes) is 28. The molecular formula is C45H87NO8. The maximum absolute atomic E-state index is 12.8. The summed E-state index contributed by atoms with van der Waals surface area (Å²) in [5, 5.41) is 54.0. The fourth-order valence-electron chi connectivity index (χ4n) is 7.39. The number of nitrogens with one attached hydrogen (secondary N) is 1. The highest BCUT2D eigenvalue weighted by atomic mass is 16.7. The third-order valence-corrected chi connectivity index (χ3v) is 11.1. The molecule has 1 rings (SSSR count). The highest BCUT2D eigenvalue weighted by Gasteiger charge is 2.44. The van der Waals surface area contributed by atoms with E-state index >= 15 is 0 Å². The van der Waals surface area contributed by atoms with Crippen molar-refractivity contribution in [3.05, 3.63) is 12.2 Å². The van der Waals surface area contributed by atoms with Gasteiger partial charge in [0.25, 0.3) is 0 Å². The van der Waals surface area contributed by atoms with E-state index in [-0.39, 0.29) is 12.5 Å². The number of rotatable bonds is 38. The molecule has 0 spiro atoms. The molecule has 0 aliphatic carbocycles. The lowest BCUT2D eigenvalue weighted by molar-refractivity contribution is -0.302. The van der Waals surface area contributed by atoms with Gasteiger partial charge >= 0.3 is 0 Å². The number of aliphatic hydroxyl groups is 5. The summed E-state index contributed by atoms with van der Waals surface area (Å²) in [4.78, 5) is 12.8. The van der Waals surface area contributed by atoms with Crippen LogP contribution in [0.1, 0.15) is 213 Å². The molecule has 54 heavy (non-hydrogen) atoms. The molecule has 320 valence electrons. The average molecular weight is 770 g/mol. The Morgan fingerprint density at radius 2 is 1.02 bits per heavy atom. The Morgan fingerprint density at radius 1 is 0.611 bits per heavy atom. The number of ether oxygens (including phenoxy) is 2. The first-order valence-electron chi connectivity index (χ1n) is 22.9. The van der Waals surface area contributed by atoms with E-state index in [1.807, 2.05) is 6.08 Å². The van der Waals surface area contributed by atoms with Crippen LogP contribution in [0.3, 0.4) is 0 Å². The summed E-state index contributed by atoms with van der Waals surface area (Å²) in [5.41, 5.74) is 0. The third-order valence-electron chi connectivity index (χ3n) is 11.1. The van der Waals surface area contributed by atoms with E-state index in [4.69, 9.17) is 9.47 Å². The standard InChI is InChI=1S/C45H87NO8/c1-3-5-7-9-11-13-14-15-16-17-18-19-20-21-22-23-24-25-26-27-28-30-32-34-39(48)38(46-41(49)35-33-31-29-12-10-8-6-4-2)37-53-45-44(52)43(51)42(50)40(36-47)54-45/h32,34,38-40,42-45,47-48,50-52H,3-31,33,35-37H2,1-2H3,(H,46,49)/b34-32+. The van der Waals surface area contributed by atoms with E-state index in [0.29, 0.717) is 6.42 Å². The largest absolute Gasteiger partial charge is 0.394 e. The quantitative estimate of drug-likeness (QED) is 0.0269. The van der Waals surface area contributed by atoms with Crippen LogP contribution in [-0.4, -0.2) is 87.5 Å². The van der Waals surface area contributed by atoms with Crippen molar-refractivity contribution in [1.29, 1.82) is 0 Å². The van der Waals surface area contributed by atoms with Crippen LogP contribution >= 0.6 is 0 Å². The molecule has 1 saturated heterocycles. The summed E-state index contributed by atoms with van der Waals surface area (Å²) in [6, 6.07) is -0.796. The predicted octanol–water partition coefficient (Wildman–Crippen LogP) is 9.34. The van der Waals surface area contributed by atoms with Gasteiger partial charge in [-0.25, -0.2) is 0 Å².